The van der Waals surface area contributed by atoms with Crippen LogP contribution < -0.4 is 5.73 Å². The second-order valence-electron chi connectivity index (χ2n) is 5.59. The quantitative estimate of drug-likeness (QED) is 0.815. The predicted molar refractivity (Wildman–Crippen MR) is 85.9 cm³/mol. The number of esters is 1. The third kappa shape index (κ3) is 2.78. The van der Waals surface area contributed by atoms with Crippen LogP contribution in [0.1, 0.15) is 22.5 Å². The Morgan fingerprint density at radius 2 is 2.14 bits per heavy atom. The number of fused-ring (bicyclic) bond motifs is 1. The van der Waals surface area contributed by atoms with Gasteiger partial charge in [-0.3, -0.25) is 0 Å². The van der Waals surface area contributed by atoms with E-state index in [1.807, 2.05) is 0 Å². The maximum Gasteiger partial charge on any atom is 0.349 e. The molecular formula is C13H19ClN2O4S2. The van der Waals surface area contributed by atoms with Crippen molar-refractivity contribution in [3.63, 3.8) is 0 Å². The number of carbonyl (C=O) groups is 1. The van der Waals surface area contributed by atoms with E-state index in [4.69, 9.17) is 5.73 Å². The molecule has 1 aliphatic carbocycles. The van der Waals surface area contributed by atoms with E-state index in [1.165, 1.54) is 17.5 Å². The molecule has 9 heteroatoms. The summed E-state index contributed by atoms with van der Waals surface area (Å²) in [7, 11) is -2.41. The highest BCUT2D eigenvalue weighted by Gasteiger charge is 2.45. The van der Waals surface area contributed by atoms with Gasteiger partial charge in [-0.15, -0.1) is 23.7 Å². The van der Waals surface area contributed by atoms with Crippen LogP contribution in [0.25, 0.3) is 0 Å². The Morgan fingerprint density at radius 1 is 1.41 bits per heavy atom. The van der Waals surface area contributed by atoms with Gasteiger partial charge in [0.25, 0.3) is 0 Å². The molecule has 6 nitrogen and oxygen atoms in total. The number of ether oxygens (including phenoxy) is 1. The Morgan fingerprint density at radius 3 is 2.77 bits per heavy atom. The SMILES string of the molecule is COC(=O)c1sccc1S(=O)(=O)N1CC2CCC(N)C2C1.Cl. The zero-order chi connectivity index (χ0) is 15.2. The fourth-order valence-electron chi connectivity index (χ4n) is 3.34. The molecule has 1 aliphatic heterocycles. The number of thiophene rings is 1. The van der Waals surface area contributed by atoms with Crippen LogP contribution in [0.5, 0.6) is 0 Å². The van der Waals surface area contributed by atoms with Crippen LogP contribution in [0, 0.1) is 11.8 Å². The Labute approximate surface area is 140 Å². The lowest BCUT2D eigenvalue weighted by Crippen LogP contribution is -2.33. The summed E-state index contributed by atoms with van der Waals surface area (Å²) in [6.07, 6.45) is 1.94. The standard InChI is InChI=1S/C13H18N2O4S2.ClH/c1-19-13(16)12-11(4-5-20-12)21(17,18)15-6-8-2-3-10(14)9(8)7-15;/h4-5,8-10H,2-3,6-7,14H2,1H3;1H. The number of carbonyl (C=O) groups excluding carboxylic acids is 1. The van der Waals surface area contributed by atoms with E-state index in [1.54, 1.807) is 5.38 Å². The van der Waals surface area contributed by atoms with E-state index >= 15 is 0 Å². The smallest absolute Gasteiger partial charge is 0.349 e. The lowest BCUT2D eigenvalue weighted by molar-refractivity contribution is 0.0602. The molecule has 2 heterocycles. The summed E-state index contributed by atoms with van der Waals surface area (Å²) in [5.41, 5.74) is 6.05. The number of nitrogens with two attached hydrogens (primary N) is 1. The first-order chi connectivity index (χ1) is 9.95. The predicted octanol–water partition coefficient (Wildman–Crippen LogP) is 1.31. The molecule has 22 heavy (non-hydrogen) atoms. The maximum atomic E-state index is 12.8. The molecule has 1 aromatic rings. The van der Waals surface area contributed by atoms with Crippen LogP contribution in [0.4, 0.5) is 0 Å². The summed E-state index contributed by atoms with van der Waals surface area (Å²) < 4.78 is 31.6. The number of methoxy groups -OCH3 is 1. The second-order valence-corrected chi connectivity index (χ2v) is 8.42. The summed E-state index contributed by atoms with van der Waals surface area (Å²) in [4.78, 5) is 11.9. The summed E-state index contributed by atoms with van der Waals surface area (Å²) >= 11 is 1.08. The Kier molecular flexibility index (Phi) is 5.18. The molecule has 3 rings (SSSR count). The van der Waals surface area contributed by atoms with Gasteiger partial charge in [-0.05, 0) is 36.1 Å². The normalized spacial score (nSPS) is 28.2. The first-order valence-corrected chi connectivity index (χ1v) is 9.18. The van der Waals surface area contributed by atoms with Gasteiger partial charge in [0.2, 0.25) is 10.0 Å². The topological polar surface area (TPSA) is 89.7 Å². The van der Waals surface area contributed by atoms with Gasteiger partial charge >= 0.3 is 5.97 Å². The Bertz CT molecular complexity index is 661. The van der Waals surface area contributed by atoms with E-state index in [9.17, 15) is 13.2 Å². The monoisotopic (exact) mass is 366 g/mol. The van der Waals surface area contributed by atoms with Gasteiger partial charge < -0.3 is 10.5 Å². The molecule has 3 atom stereocenters. The highest BCUT2D eigenvalue weighted by molar-refractivity contribution is 7.89. The lowest BCUT2D eigenvalue weighted by atomic mass is 9.98. The molecular weight excluding hydrogens is 348 g/mol. The molecule has 2 fully saturated rings. The Hall–Kier alpha value is -0.670. The minimum Gasteiger partial charge on any atom is -0.465 e. The van der Waals surface area contributed by atoms with Gasteiger partial charge in [0, 0.05) is 19.1 Å². The highest BCUT2D eigenvalue weighted by atomic mass is 35.5. The molecule has 3 unspecified atom stereocenters. The summed E-state index contributed by atoms with van der Waals surface area (Å²) in [5.74, 6) is -0.0327. The van der Waals surface area contributed by atoms with E-state index in [2.05, 4.69) is 4.74 Å². The van der Waals surface area contributed by atoms with Crippen molar-refractivity contribution in [1.29, 1.82) is 0 Å². The van der Waals surface area contributed by atoms with Crippen LogP contribution in [0.15, 0.2) is 16.3 Å². The summed E-state index contributed by atoms with van der Waals surface area (Å²) in [6, 6.07) is 1.55. The van der Waals surface area contributed by atoms with Crippen molar-refractivity contribution in [3.05, 3.63) is 16.3 Å². The molecule has 2 N–H and O–H groups in total. The van der Waals surface area contributed by atoms with E-state index in [-0.39, 0.29) is 34.1 Å². The summed E-state index contributed by atoms with van der Waals surface area (Å²) in [6.45, 7) is 0.946. The van der Waals surface area contributed by atoms with Gasteiger partial charge in [0.15, 0.2) is 0 Å². The van der Waals surface area contributed by atoms with Crippen LogP contribution >= 0.6 is 23.7 Å². The third-order valence-corrected chi connectivity index (χ3v) is 7.39. The Balaban J connectivity index is 0.00000176. The number of nitrogens with zero attached hydrogens (tertiary/aromatic N) is 1. The van der Waals surface area contributed by atoms with Gasteiger partial charge in [0.05, 0.1) is 7.11 Å². The number of rotatable bonds is 3. The van der Waals surface area contributed by atoms with Crippen LogP contribution in [0.3, 0.4) is 0 Å². The number of hydrogen-bond acceptors (Lipinski definition) is 6. The molecule has 0 spiro atoms. The van der Waals surface area contributed by atoms with Crippen LogP contribution in [-0.4, -0.2) is 44.9 Å². The van der Waals surface area contributed by atoms with Crippen molar-refractivity contribution in [2.24, 2.45) is 17.6 Å². The largest absolute Gasteiger partial charge is 0.465 e. The number of sulfonamides is 1. The van der Waals surface area contributed by atoms with Crippen molar-refractivity contribution in [2.45, 2.75) is 23.8 Å². The van der Waals surface area contributed by atoms with Gasteiger partial charge in [0.1, 0.15) is 9.77 Å². The van der Waals surface area contributed by atoms with Crippen molar-refractivity contribution in [3.8, 4) is 0 Å². The van der Waals surface area contributed by atoms with E-state index < -0.39 is 16.0 Å². The van der Waals surface area contributed by atoms with Crippen LogP contribution in [0.2, 0.25) is 0 Å². The maximum absolute atomic E-state index is 12.8. The fraction of sp³-hybridized carbons (Fsp3) is 0.615. The van der Waals surface area contributed by atoms with Crippen molar-refractivity contribution < 1.29 is 17.9 Å². The minimum absolute atomic E-state index is 0. The van der Waals surface area contributed by atoms with Crippen LogP contribution in [-0.2, 0) is 14.8 Å². The molecule has 124 valence electrons. The summed E-state index contributed by atoms with van der Waals surface area (Å²) in [5, 5.41) is 1.60. The molecule has 0 aromatic carbocycles. The molecule has 0 bridgehead atoms. The molecule has 1 saturated carbocycles. The van der Waals surface area contributed by atoms with E-state index in [0.29, 0.717) is 19.0 Å². The van der Waals surface area contributed by atoms with Crippen molar-refractivity contribution >= 4 is 39.7 Å². The first-order valence-electron chi connectivity index (χ1n) is 6.86. The average Bonchev–Trinajstić information content (AvgIpc) is 3.14. The van der Waals surface area contributed by atoms with Crippen molar-refractivity contribution in [1.82, 2.24) is 4.31 Å². The number of hydrogen-bond donors (Lipinski definition) is 1. The van der Waals surface area contributed by atoms with Gasteiger partial charge in [-0.2, -0.15) is 4.31 Å². The lowest BCUT2D eigenvalue weighted by Gasteiger charge is -2.18. The minimum atomic E-state index is -3.66. The third-order valence-electron chi connectivity index (χ3n) is 4.50. The van der Waals surface area contributed by atoms with Crippen molar-refractivity contribution in [2.75, 3.05) is 20.2 Å². The second kappa shape index (κ2) is 6.45. The van der Waals surface area contributed by atoms with Gasteiger partial charge in [-0.25, -0.2) is 13.2 Å². The molecule has 0 radical (unpaired) electrons. The average molecular weight is 367 g/mol. The molecule has 0 amide bonds. The zero-order valence-electron chi connectivity index (χ0n) is 12.1. The first kappa shape index (κ1) is 17.7. The molecule has 2 aliphatic rings. The number of halogens is 1. The van der Waals surface area contributed by atoms with Gasteiger partial charge in [-0.1, -0.05) is 0 Å². The molecule has 1 aromatic heterocycles. The highest BCUT2D eigenvalue weighted by Crippen LogP contribution is 2.40. The molecule has 1 saturated heterocycles. The zero-order valence-corrected chi connectivity index (χ0v) is 14.5. The fourth-order valence-corrected chi connectivity index (χ4v) is 6.19. The van der Waals surface area contributed by atoms with E-state index in [0.717, 1.165) is 24.2 Å².